The molecule has 0 radical (unpaired) electrons. The molecule has 0 aliphatic rings. The Hall–Kier alpha value is -1.88. The topological polar surface area (TPSA) is 57.2 Å². The van der Waals surface area contributed by atoms with Crippen LogP contribution in [0.25, 0.3) is 0 Å². The zero-order valence-corrected chi connectivity index (χ0v) is 11.5. The Morgan fingerprint density at radius 2 is 2.11 bits per heavy atom. The van der Waals surface area contributed by atoms with Crippen molar-refractivity contribution in [2.75, 3.05) is 18.6 Å². The highest BCUT2D eigenvalue weighted by Gasteiger charge is 2.12. The van der Waals surface area contributed by atoms with Crippen LogP contribution in [0.5, 0.6) is 0 Å². The first-order valence-electron chi connectivity index (χ1n) is 5.92. The quantitative estimate of drug-likeness (QED) is 0.674. The van der Waals surface area contributed by atoms with E-state index in [1.807, 2.05) is 22.8 Å². The van der Waals surface area contributed by atoms with Crippen molar-refractivity contribution in [3.8, 4) is 0 Å². The average molecular weight is 276 g/mol. The van der Waals surface area contributed by atoms with E-state index >= 15 is 0 Å². The molecule has 0 aliphatic heterocycles. The van der Waals surface area contributed by atoms with Crippen LogP contribution in [0.2, 0.25) is 0 Å². The lowest BCUT2D eigenvalue weighted by Crippen LogP contribution is -2.11. The number of carbonyl (C=O) groups is 1. The van der Waals surface area contributed by atoms with Gasteiger partial charge in [-0.25, -0.2) is 4.79 Å². The number of hydrogen-bond acceptors (Lipinski definition) is 4. The van der Waals surface area contributed by atoms with Gasteiger partial charge in [0.05, 0.1) is 12.8 Å². The van der Waals surface area contributed by atoms with Gasteiger partial charge in [-0.2, -0.15) is 0 Å². The number of aryl methyl sites for hydroxylation is 1. The number of methoxy groups -OCH3 is 1. The molecule has 19 heavy (non-hydrogen) atoms. The van der Waals surface area contributed by atoms with Crippen molar-refractivity contribution < 1.29 is 9.53 Å². The predicted octanol–water partition coefficient (Wildman–Crippen LogP) is 2.65. The number of aromatic nitrogens is 1. The summed E-state index contributed by atoms with van der Waals surface area (Å²) in [4.78, 5) is 12.8. The third kappa shape index (κ3) is 3.54. The summed E-state index contributed by atoms with van der Waals surface area (Å²) in [6.07, 6.45) is 1.76. The predicted molar refractivity (Wildman–Crippen MR) is 77.3 cm³/mol. The molecule has 2 N–H and O–H groups in total. The Kier molecular flexibility index (Phi) is 4.52. The maximum Gasteiger partial charge on any atom is 0.354 e. The Balaban J connectivity index is 1.98. The second kappa shape index (κ2) is 6.33. The number of esters is 1. The Labute approximate surface area is 116 Å². The molecular formula is C14H16N2O2S. The second-order valence-electron chi connectivity index (χ2n) is 4.01. The van der Waals surface area contributed by atoms with E-state index in [0.717, 1.165) is 5.75 Å². The lowest BCUT2D eigenvalue weighted by molar-refractivity contribution is 0.0589. The zero-order chi connectivity index (χ0) is 13.7. The van der Waals surface area contributed by atoms with E-state index in [1.54, 1.807) is 24.0 Å². The third-order valence-corrected chi connectivity index (χ3v) is 3.65. The van der Waals surface area contributed by atoms with Crippen LogP contribution in [0.15, 0.2) is 47.5 Å². The van der Waals surface area contributed by atoms with E-state index in [0.29, 0.717) is 17.9 Å². The number of rotatable bonds is 5. The van der Waals surface area contributed by atoms with E-state index in [9.17, 15) is 4.79 Å². The summed E-state index contributed by atoms with van der Waals surface area (Å²) in [6.45, 7) is 0.710. The summed E-state index contributed by atoms with van der Waals surface area (Å²) in [5.41, 5.74) is 6.79. The van der Waals surface area contributed by atoms with Gasteiger partial charge in [-0.1, -0.05) is 18.2 Å². The fourth-order valence-electron chi connectivity index (χ4n) is 1.77. The van der Waals surface area contributed by atoms with E-state index in [4.69, 9.17) is 10.5 Å². The van der Waals surface area contributed by atoms with Gasteiger partial charge in [0.1, 0.15) is 5.69 Å². The Bertz CT molecular complexity index is 552. The van der Waals surface area contributed by atoms with Crippen molar-refractivity contribution in [1.82, 2.24) is 4.57 Å². The Morgan fingerprint density at radius 3 is 2.79 bits per heavy atom. The molecule has 0 amide bonds. The van der Waals surface area contributed by atoms with Crippen LogP contribution in [0, 0.1) is 0 Å². The van der Waals surface area contributed by atoms with Gasteiger partial charge in [0.2, 0.25) is 0 Å². The monoisotopic (exact) mass is 276 g/mol. The smallest absolute Gasteiger partial charge is 0.354 e. The number of hydrogen-bond donors (Lipinski definition) is 1. The van der Waals surface area contributed by atoms with Gasteiger partial charge in [-0.05, 0) is 18.2 Å². The van der Waals surface area contributed by atoms with Crippen LogP contribution in [0.4, 0.5) is 5.69 Å². The molecule has 4 nitrogen and oxygen atoms in total. The first-order chi connectivity index (χ1) is 9.20. The fraction of sp³-hybridized carbons (Fsp3) is 0.214. The van der Waals surface area contributed by atoms with Gasteiger partial charge < -0.3 is 15.0 Å². The van der Waals surface area contributed by atoms with Gasteiger partial charge in [-0.3, -0.25) is 0 Å². The van der Waals surface area contributed by atoms with E-state index < -0.39 is 0 Å². The normalized spacial score (nSPS) is 10.4. The molecule has 0 saturated heterocycles. The van der Waals surface area contributed by atoms with Crippen molar-refractivity contribution in [2.45, 2.75) is 11.4 Å². The molecular weight excluding hydrogens is 260 g/mol. The van der Waals surface area contributed by atoms with E-state index in [-0.39, 0.29) is 5.97 Å². The SMILES string of the molecule is COC(=O)c1cc(N)cn1CCSc1ccccc1. The number of nitrogens with zero attached hydrogens (tertiary/aromatic N) is 1. The first-order valence-corrected chi connectivity index (χ1v) is 6.91. The number of anilines is 1. The van der Waals surface area contributed by atoms with Crippen LogP contribution in [0.1, 0.15) is 10.5 Å². The molecule has 0 unspecified atom stereocenters. The molecule has 0 aliphatic carbocycles. The second-order valence-corrected chi connectivity index (χ2v) is 5.17. The number of carbonyl (C=O) groups excluding carboxylic acids is 1. The van der Waals surface area contributed by atoms with E-state index in [2.05, 4.69) is 12.1 Å². The van der Waals surface area contributed by atoms with Crippen LogP contribution >= 0.6 is 11.8 Å². The number of thioether (sulfide) groups is 1. The maximum atomic E-state index is 11.6. The first kappa shape index (κ1) is 13.5. The molecule has 0 spiro atoms. The van der Waals surface area contributed by atoms with Crippen molar-refractivity contribution in [2.24, 2.45) is 0 Å². The van der Waals surface area contributed by atoms with Gasteiger partial charge in [0, 0.05) is 23.4 Å². The molecule has 1 heterocycles. The molecule has 5 heteroatoms. The minimum absolute atomic E-state index is 0.360. The molecule has 0 saturated carbocycles. The summed E-state index contributed by atoms with van der Waals surface area (Å²) < 4.78 is 6.56. The van der Waals surface area contributed by atoms with Crippen LogP contribution in [0.3, 0.4) is 0 Å². The molecule has 0 fully saturated rings. The number of ether oxygens (including phenoxy) is 1. The molecule has 0 atom stereocenters. The molecule has 1 aromatic heterocycles. The summed E-state index contributed by atoms with van der Waals surface area (Å²) in [5.74, 6) is 0.503. The molecule has 2 rings (SSSR count). The van der Waals surface area contributed by atoms with Gasteiger partial charge in [0.25, 0.3) is 0 Å². The summed E-state index contributed by atoms with van der Waals surface area (Å²) in [6, 6.07) is 11.8. The minimum Gasteiger partial charge on any atom is -0.464 e. The van der Waals surface area contributed by atoms with Gasteiger partial charge in [0.15, 0.2) is 0 Å². The highest BCUT2D eigenvalue weighted by Crippen LogP contribution is 2.19. The fourth-order valence-corrected chi connectivity index (χ4v) is 2.65. The van der Waals surface area contributed by atoms with Crippen LogP contribution in [-0.4, -0.2) is 23.4 Å². The van der Waals surface area contributed by atoms with Crippen LogP contribution in [-0.2, 0) is 11.3 Å². The minimum atomic E-state index is -0.360. The van der Waals surface area contributed by atoms with Crippen molar-refractivity contribution >= 4 is 23.4 Å². The lowest BCUT2D eigenvalue weighted by atomic mass is 10.4. The van der Waals surface area contributed by atoms with Gasteiger partial charge >= 0.3 is 5.97 Å². The van der Waals surface area contributed by atoms with E-state index in [1.165, 1.54) is 12.0 Å². The summed E-state index contributed by atoms with van der Waals surface area (Å²) in [5, 5.41) is 0. The summed E-state index contributed by atoms with van der Waals surface area (Å²) >= 11 is 1.74. The zero-order valence-electron chi connectivity index (χ0n) is 10.7. The number of benzene rings is 1. The highest BCUT2D eigenvalue weighted by molar-refractivity contribution is 7.99. The Morgan fingerprint density at radius 1 is 1.37 bits per heavy atom. The largest absolute Gasteiger partial charge is 0.464 e. The summed E-state index contributed by atoms with van der Waals surface area (Å²) in [7, 11) is 1.37. The molecule has 1 aromatic carbocycles. The van der Waals surface area contributed by atoms with Crippen molar-refractivity contribution in [1.29, 1.82) is 0 Å². The van der Waals surface area contributed by atoms with Crippen LogP contribution < -0.4 is 5.73 Å². The average Bonchev–Trinajstić information content (AvgIpc) is 2.80. The highest BCUT2D eigenvalue weighted by atomic mass is 32.2. The van der Waals surface area contributed by atoms with Crippen molar-refractivity contribution in [3.05, 3.63) is 48.3 Å². The molecule has 2 aromatic rings. The van der Waals surface area contributed by atoms with Gasteiger partial charge in [-0.15, -0.1) is 11.8 Å². The standard InChI is InChI=1S/C14H16N2O2S/c1-18-14(17)13-9-11(15)10-16(13)7-8-19-12-5-3-2-4-6-12/h2-6,9-10H,7-8,15H2,1H3. The number of nitrogen functional groups attached to an aromatic ring is 1. The third-order valence-electron chi connectivity index (χ3n) is 2.66. The number of nitrogens with two attached hydrogens (primary N) is 1. The lowest BCUT2D eigenvalue weighted by Gasteiger charge is -2.07. The molecule has 100 valence electrons. The van der Waals surface area contributed by atoms with Crippen molar-refractivity contribution in [3.63, 3.8) is 0 Å². The molecule has 0 bridgehead atoms. The maximum absolute atomic E-state index is 11.6.